The fourth-order valence-electron chi connectivity index (χ4n) is 0.102. The van der Waals surface area contributed by atoms with Crippen LogP contribution in [-0.4, -0.2) is 5.66 Å². The van der Waals surface area contributed by atoms with E-state index in [-0.39, 0.29) is 0 Å². The first-order valence-electron chi connectivity index (χ1n) is 2.13. The predicted octanol–water partition coefficient (Wildman–Crippen LogP) is 0.0103. The summed E-state index contributed by atoms with van der Waals surface area (Å²) in [4.78, 5) is 0. The third-order valence-corrected chi connectivity index (χ3v) is 0.813. The standard InChI is InChI=1S/C5H11N2/c1-3-5(6,7)4-2/h3H,1-2,4,6-7H2. The van der Waals surface area contributed by atoms with Crippen LogP contribution in [0, 0.1) is 6.92 Å². The SMILES string of the molecule is [CH2]CC(N)(N)C=C. The third kappa shape index (κ3) is 2.37. The van der Waals surface area contributed by atoms with Gasteiger partial charge in [0, 0.05) is 0 Å². The van der Waals surface area contributed by atoms with Crippen LogP contribution in [0.1, 0.15) is 6.42 Å². The highest BCUT2D eigenvalue weighted by Crippen LogP contribution is 1.94. The van der Waals surface area contributed by atoms with Crippen molar-refractivity contribution in [2.24, 2.45) is 11.5 Å². The van der Waals surface area contributed by atoms with Gasteiger partial charge in [-0.15, -0.1) is 0 Å². The van der Waals surface area contributed by atoms with Crippen molar-refractivity contribution < 1.29 is 0 Å². The molecule has 0 saturated heterocycles. The van der Waals surface area contributed by atoms with E-state index in [2.05, 4.69) is 13.5 Å². The Balaban J connectivity index is 3.58. The summed E-state index contributed by atoms with van der Waals surface area (Å²) in [5.41, 5.74) is 9.86. The largest absolute Gasteiger partial charge is 0.310 e. The molecule has 1 radical (unpaired) electrons. The molecule has 0 atom stereocenters. The summed E-state index contributed by atoms with van der Waals surface area (Å²) in [5, 5.41) is 0. The minimum Gasteiger partial charge on any atom is -0.310 e. The lowest BCUT2D eigenvalue weighted by atomic mass is 10.1. The lowest BCUT2D eigenvalue weighted by Gasteiger charge is -2.15. The minimum absolute atomic E-state index is 0.483. The number of hydrogen-bond donors (Lipinski definition) is 2. The molecule has 4 N–H and O–H groups in total. The van der Waals surface area contributed by atoms with E-state index in [1.54, 1.807) is 0 Å². The van der Waals surface area contributed by atoms with Crippen molar-refractivity contribution in [3.63, 3.8) is 0 Å². The van der Waals surface area contributed by atoms with Crippen molar-refractivity contribution >= 4 is 0 Å². The fraction of sp³-hybridized carbons (Fsp3) is 0.400. The molecule has 0 aliphatic heterocycles. The molecule has 0 bridgehead atoms. The maximum absolute atomic E-state index is 5.31. The molecule has 0 rings (SSSR count). The van der Waals surface area contributed by atoms with Gasteiger partial charge in [0.15, 0.2) is 0 Å². The van der Waals surface area contributed by atoms with Gasteiger partial charge in [-0.05, 0) is 13.3 Å². The Hall–Kier alpha value is -0.340. The van der Waals surface area contributed by atoms with Crippen LogP contribution in [0.3, 0.4) is 0 Å². The average molecular weight is 99.2 g/mol. The van der Waals surface area contributed by atoms with Gasteiger partial charge in [0.05, 0.1) is 5.66 Å². The normalized spacial score (nSPS) is 11.3. The van der Waals surface area contributed by atoms with E-state index in [1.165, 1.54) is 6.08 Å². The zero-order valence-electron chi connectivity index (χ0n) is 4.35. The Kier molecular flexibility index (Phi) is 1.99. The second kappa shape index (κ2) is 2.09. The zero-order chi connectivity index (χ0) is 5.91. The summed E-state index contributed by atoms with van der Waals surface area (Å²) in [6.45, 7) is 6.92. The van der Waals surface area contributed by atoms with Gasteiger partial charge in [-0.2, -0.15) is 0 Å². The maximum Gasteiger partial charge on any atom is 0.0825 e. The first-order chi connectivity index (χ1) is 3.12. The maximum atomic E-state index is 5.31. The van der Waals surface area contributed by atoms with Crippen molar-refractivity contribution in [3.8, 4) is 0 Å². The molecule has 0 aromatic rings. The van der Waals surface area contributed by atoms with E-state index in [0.717, 1.165) is 0 Å². The smallest absolute Gasteiger partial charge is 0.0825 e. The van der Waals surface area contributed by atoms with Crippen LogP contribution in [0.15, 0.2) is 12.7 Å². The van der Waals surface area contributed by atoms with Crippen LogP contribution in [0.5, 0.6) is 0 Å². The van der Waals surface area contributed by atoms with Crippen LogP contribution < -0.4 is 11.5 Å². The van der Waals surface area contributed by atoms with Crippen molar-refractivity contribution in [2.45, 2.75) is 12.1 Å². The molecule has 0 aliphatic rings. The van der Waals surface area contributed by atoms with Gasteiger partial charge in [-0.3, -0.25) is 0 Å². The van der Waals surface area contributed by atoms with Gasteiger partial charge in [0.25, 0.3) is 0 Å². The van der Waals surface area contributed by atoms with Crippen LogP contribution >= 0.6 is 0 Å². The number of hydrogen-bond acceptors (Lipinski definition) is 2. The van der Waals surface area contributed by atoms with Crippen molar-refractivity contribution in [2.75, 3.05) is 0 Å². The minimum atomic E-state index is -0.764. The summed E-state index contributed by atoms with van der Waals surface area (Å²) >= 11 is 0. The molecule has 41 valence electrons. The van der Waals surface area contributed by atoms with E-state index in [0.29, 0.717) is 6.42 Å². The molecule has 0 heterocycles. The highest BCUT2D eigenvalue weighted by molar-refractivity contribution is 4.95. The van der Waals surface area contributed by atoms with Crippen LogP contribution in [-0.2, 0) is 0 Å². The topological polar surface area (TPSA) is 52.0 Å². The van der Waals surface area contributed by atoms with Gasteiger partial charge in [-0.1, -0.05) is 12.7 Å². The molecule has 7 heavy (non-hydrogen) atoms. The predicted molar refractivity (Wildman–Crippen MR) is 31.3 cm³/mol. The molecule has 0 aliphatic carbocycles. The lowest BCUT2D eigenvalue weighted by molar-refractivity contribution is 0.561. The van der Waals surface area contributed by atoms with Gasteiger partial charge in [0.1, 0.15) is 0 Å². The molecule has 2 nitrogen and oxygen atoms in total. The van der Waals surface area contributed by atoms with Crippen LogP contribution in [0.25, 0.3) is 0 Å². The van der Waals surface area contributed by atoms with Crippen LogP contribution in [0.4, 0.5) is 0 Å². The first-order valence-corrected chi connectivity index (χ1v) is 2.13. The monoisotopic (exact) mass is 99.1 g/mol. The molecule has 0 amide bonds. The first kappa shape index (κ1) is 6.66. The average Bonchev–Trinajstić information content (AvgIpc) is 1.68. The Morgan fingerprint density at radius 3 is 2.00 bits per heavy atom. The quantitative estimate of drug-likeness (QED) is 0.378. The molecular weight excluding hydrogens is 88.1 g/mol. The molecule has 0 unspecified atom stereocenters. The highest BCUT2D eigenvalue weighted by Gasteiger charge is 2.07. The summed E-state index contributed by atoms with van der Waals surface area (Å²) < 4.78 is 0. The van der Waals surface area contributed by atoms with Gasteiger partial charge >= 0.3 is 0 Å². The molecule has 0 aromatic heterocycles. The van der Waals surface area contributed by atoms with Gasteiger partial charge in [0.2, 0.25) is 0 Å². The second-order valence-corrected chi connectivity index (χ2v) is 1.57. The summed E-state index contributed by atoms with van der Waals surface area (Å²) in [6, 6.07) is 0. The molecule has 0 aromatic carbocycles. The molecule has 0 fully saturated rings. The molecule has 2 heteroatoms. The molecule has 0 saturated carbocycles. The number of rotatable bonds is 2. The number of nitrogens with two attached hydrogens (primary N) is 2. The third-order valence-electron chi connectivity index (χ3n) is 0.813. The lowest BCUT2D eigenvalue weighted by Crippen LogP contribution is -2.46. The van der Waals surface area contributed by atoms with E-state index < -0.39 is 5.66 Å². The van der Waals surface area contributed by atoms with Gasteiger partial charge in [-0.25, -0.2) is 0 Å². The Bertz CT molecular complexity index is 66.5. The van der Waals surface area contributed by atoms with E-state index in [9.17, 15) is 0 Å². The van der Waals surface area contributed by atoms with Gasteiger partial charge < -0.3 is 11.5 Å². The highest BCUT2D eigenvalue weighted by atomic mass is 14.9. The Morgan fingerprint density at radius 1 is 1.57 bits per heavy atom. The molecule has 0 spiro atoms. The molecular formula is C5H11N2. The van der Waals surface area contributed by atoms with Crippen LogP contribution in [0.2, 0.25) is 0 Å². The Morgan fingerprint density at radius 2 is 2.00 bits per heavy atom. The van der Waals surface area contributed by atoms with Crippen molar-refractivity contribution in [1.29, 1.82) is 0 Å². The fourth-order valence-corrected chi connectivity index (χ4v) is 0.102. The van der Waals surface area contributed by atoms with E-state index in [4.69, 9.17) is 11.5 Å². The van der Waals surface area contributed by atoms with Crippen molar-refractivity contribution in [1.82, 2.24) is 0 Å². The second-order valence-electron chi connectivity index (χ2n) is 1.57. The van der Waals surface area contributed by atoms with E-state index >= 15 is 0 Å². The Labute approximate surface area is 44.2 Å². The zero-order valence-corrected chi connectivity index (χ0v) is 4.35. The van der Waals surface area contributed by atoms with Crippen molar-refractivity contribution in [3.05, 3.63) is 19.6 Å². The summed E-state index contributed by atoms with van der Waals surface area (Å²) in [5.74, 6) is 0. The summed E-state index contributed by atoms with van der Waals surface area (Å²) in [6.07, 6.45) is 1.97. The van der Waals surface area contributed by atoms with E-state index in [1.807, 2.05) is 0 Å². The summed E-state index contributed by atoms with van der Waals surface area (Å²) in [7, 11) is 0.